The summed E-state index contributed by atoms with van der Waals surface area (Å²) in [7, 11) is -2.07. The molecular formula is C15H24N2O3S. The first-order valence-corrected chi connectivity index (χ1v) is 8.86. The Morgan fingerprint density at radius 2 is 2.10 bits per heavy atom. The molecule has 0 aliphatic heterocycles. The number of hydrogen-bond acceptors (Lipinski definition) is 4. The Bertz CT molecular complexity index is 583. The summed E-state index contributed by atoms with van der Waals surface area (Å²) in [5, 5.41) is 3.19. The van der Waals surface area contributed by atoms with E-state index in [2.05, 4.69) is 10.0 Å². The van der Waals surface area contributed by atoms with Crippen LogP contribution in [0.2, 0.25) is 0 Å². The summed E-state index contributed by atoms with van der Waals surface area (Å²) in [6, 6.07) is 5.24. The molecule has 1 saturated carbocycles. The van der Waals surface area contributed by atoms with Crippen LogP contribution in [0.15, 0.2) is 23.1 Å². The van der Waals surface area contributed by atoms with Crippen molar-refractivity contribution in [2.45, 2.75) is 44.2 Å². The number of benzene rings is 1. The average Bonchev–Trinajstić information content (AvgIpc) is 3.29. The van der Waals surface area contributed by atoms with Gasteiger partial charge in [0.25, 0.3) is 0 Å². The maximum absolute atomic E-state index is 12.6. The van der Waals surface area contributed by atoms with Crippen LogP contribution >= 0.6 is 0 Å². The summed E-state index contributed by atoms with van der Waals surface area (Å²) in [6.07, 6.45) is 2.20. The van der Waals surface area contributed by atoms with Gasteiger partial charge in [0.05, 0.1) is 7.11 Å². The normalized spacial score (nSPS) is 16.7. The van der Waals surface area contributed by atoms with Crippen LogP contribution in [0.1, 0.15) is 32.3 Å². The van der Waals surface area contributed by atoms with E-state index in [0.29, 0.717) is 18.2 Å². The summed E-state index contributed by atoms with van der Waals surface area (Å²) >= 11 is 0. The van der Waals surface area contributed by atoms with Gasteiger partial charge in [-0.05, 0) is 49.9 Å². The fourth-order valence-electron chi connectivity index (χ4n) is 2.31. The lowest BCUT2D eigenvalue weighted by molar-refractivity contribution is 0.401. The number of hydrogen-bond donors (Lipinski definition) is 2. The molecule has 0 radical (unpaired) electrons. The van der Waals surface area contributed by atoms with Gasteiger partial charge in [0, 0.05) is 12.6 Å². The van der Waals surface area contributed by atoms with Crippen molar-refractivity contribution in [3.63, 3.8) is 0 Å². The van der Waals surface area contributed by atoms with Crippen LogP contribution in [0.3, 0.4) is 0 Å². The molecule has 0 bridgehead atoms. The molecular weight excluding hydrogens is 288 g/mol. The molecule has 6 heteroatoms. The number of nitrogens with one attached hydrogen (secondary N) is 2. The first-order chi connectivity index (χ1) is 9.97. The van der Waals surface area contributed by atoms with E-state index in [1.54, 1.807) is 12.1 Å². The molecule has 1 atom stereocenters. The first kappa shape index (κ1) is 16.3. The monoisotopic (exact) mass is 312 g/mol. The van der Waals surface area contributed by atoms with Gasteiger partial charge >= 0.3 is 0 Å². The topological polar surface area (TPSA) is 67.4 Å². The van der Waals surface area contributed by atoms with Crippen LogP contribution in [-0.4, -0.2) is 28.1 Å². The second-order valence-corrected chi connectivity index (χ2v) is 7.20. The molecule has 5 nitrogen and oxygen atoms in total. The van der Waals surface area contributed by atoms with E-state index < -0.39 is 10.0 Å². The van der Waals surface area contributed by atoms with Gasteiger partial charge in [-0.1, -0.05) is 13.0 Å². The van der Waals surface area contributed by atoms with Crippen LogP contribution in [0.4, 0.5) is 0 Å². The minimum absolute atomic E-state index is 0.0304. The molecule has 118 valence electrons. The maximum Gasteiger partial charge on any atom is 0.244 e. The Morgan fingerprint density at radius 1 is 1.38 bits per heavy atom. The summed E-state index contributed by atoms with van der Waals surface area (Å²) < 4.78 is 33.1. The zero-order valence-electron chi connectivity index (χ0n) is 12.8. The third kappa shape index (κ3) is 4.18. The summed E-state index contributed by atoms with van der Waals surface area (Å²) in [5.74, 6) is 0.849. The average molecular weight is 312 g/mol. The molecule has 21 heavy (non-hydrogen) atoms. The highest BCUT2D eigenvalue weighted by Crippen LogP contribution is 2.33. The number of methoxy groups -OCH3 is 1. The van der Waals surface area contributed by atoms with Crippen molar-refractivity contribution in [3.8, 4) is 5.75 Å². The van der Waals surface area contributed by atoms with E-state index in [4.69, 9.17) is 4.74 Å². The quantitative estimate of drug-likeness (QED) is 0.769. The van der Waals surface area contributed by atoms with Gasteiger partial charge in [0.2, 0.25) is 10.0 Å². The third-order valence-corrected chi connectivity index (χ3v) is 5.35. The van der Waals surface area contributed by atoms with Gasteiger partial charge in [-0.2, -0.15) is 0 Å². The molecule has 2 N–H and O–H groups in total. The number of sulfonamides is 1. The smallest absolute Gasteiger partial charge is 0.244 e. The van der Waals surface area contributed by atoms with Gasteiger partial charge < -0.3 is 10.1 Å². The zero-order valence-corrected chi connectivity index (χ0v) is 13.7. The minimum Gasteiger partial charge on any atom is -0.495 e. The minimum atomic E-state index is -3.56. The molecule has 0 spiro atoms. The molecule has 1 aromatic carbocycles. The van der Waals surface area contributed by atoms with Crippen molar-refractivity contribution in [2.75, 3.05) is 13.7 Å². The second-order valence-electron chi connectivity index (χ2n) is 5.51. The van der Waals surface area contributed by atoms with Gasteiger partial charge in [0.1, 0.15) is 10.6 Å². The molecule has 1 fully saturated rings. The van der Waals surface area contributed by atoms with Crippen molar-refractivity contribution in [1.82, 2.24) is 10.0 Å². The summed E-state index contributed by atoms with van der Waals surface area (Å²) in [4.78, 5) is 0.216. The lowest BCUT2D eigenvalue weighted by atomic mass is 10.2. The number of ether oxygens (including phenoxy) is 1. The fraction of sp³-hybridized carbons (Fsp3) is 0.600. The molecule has 0 amide bonds. The van der Waals surface area contributed by atoms with E-state index in [-0.39, 0.29) is 10.9 Å². The Labute approximate surface area is 127 Å². The van der Waals surface area contributed by atoms with Crippen molar-refractivity contribution >= 4 is 10.0 Å². The highest BCUT2D eigenvalue weighted by atomic mass is 32.2. The standard InChI is InChI=1S/C15H24N2O3S/c1-4-16-10-12-5-8-14(20-3)15(9-12)21(18,19)17-11(2)13-6-7-13/h5,8-9,11,13,16-17H,4,6-7,10H2,1-3H3. The van der Waals surface area contributed by atoms with Crippen molar-refractivity contribution in [2.24, 2.45) is 5.92 Å². The maximum atomic E-state index is 12.6. The highest BCUT2D eigenvalue weighted by Gasteiger charge is 2.32. The molecule has 1 aromatic rings. The molecule has 0 saturated heterocycles. The SMILES string of the molecule is CCNCc1ccc(OC)c(S(=O)(=O)NC(C)C2CC2)c1. The van der Waals surface area contributed by atoms with Crippen molar-refractivity contribution in [1.29, 1.82) is 0 Å². The largest absolute Gasteiger partial charge is 0.495 e. The van der Waals surface area contributed by atoms with Crippen molar-refractivity contribution < 1.29 is 13.2 Å². The van der Waals surface area contributed by atoms with Crippen LogP contribution < -0.4 is 14.8 Å². The highest BCUT2D eigenvalue weighted by molar-refractivity contribution is 7.89. The molecule has 1 unspecified atom stereocenters. The zero-order chi connectivity index (χ0) is 15.5. The van der Waals surface area contributed by atoms with E-state index >= 15 is 0 Å². The lowest BCUT2D eigenvalue weighted by Crippen LogP contribution is -2.34. The third-order valence-electron chi connectivity index (χ3n) is 3.77. The molecule has 0 heterocycles. The summed E-state index contributed by atoms with van der Waals surface area (Å²) in [6.45, 7) is 5.41. The Balaban J connectivity index is 2.25. The molecule has 2 rings (SSSR count). The van der Waals surface area contributed by atoms with Crippen LogP contribution in [-0.2, 0) is 16.6 Å². The fourth-order valence-corrected chi connectivity index (χ4v) is 3.84. The lowest BCUT2D eigenvalue weighted by Gasteiger charge is -2.16. The first-order valence-electron chi connectivity index (χ1n) is 7.38. The second kappa shape index (κ2) is 6.77. The Morgan fingerprint density at radius 3 is 2.67 bits per heavy atom. The Kier molecular flexibility index (Phi) is 5.24. The van der Waals surface area contributed by atoms with Crippen LogP contribution in [0, 0.1) is 5.92 Å². The number of rotatable bonds is 8. The predicted molar refractivity (Wildman–Crippen MR) is 82.9 cm³/mol. The van der Waals surface area contributed by atoms with E-state index in [1.165, 1.54) is 7.11 Å². The van der Waals surface area contributed by atoms with Crippen LogP contribution in [0.25, 0.3) is 0 Å². The summed E-state index contributed by atoms with van der Waals surface area (Å²) in [5.41, 5.74) is 0.928. The van der Waals surface area contributed by atoms with Gasteiger partial charge in [-0.25, -0.2) is 13.1 Å². The Hall–Kier alpha value is -1.11. The van der Waals surface area contributed by atoms with E-state index in [9.17, 15) is 8.42 Å². The molecule has 1 aliphatic carbocycles. The van der Waals surface area contributed by atoms with Gasteiger partial charge in [-0.15, -0.1) is 0 Å². The van der Waals surface area contributed by atoms with E-state index in [0.717, 1.165) is 24.9 Å². The molecule has 1 aliphatic rings. The van der Waals surface area contributed by atoms with Gasteiger partial charge in [-0.3, -0.25) is 0 Å². The van der Waals surface area contributed by atoms with Gasteiger partial charge in [0.15, 0.2) is 0 Å². The van der Waals surface area contributed by atoms with Crippen LogP contribution in [0.5, 0.6) is 5.75 Å². The molecule has 0 aromatic heterocycles. The van der Waals surface area contributed by atoms with E-state index in [1.807, 2.05) is 19.9 Å². The predicted octanol–water partition coefficient (Wildman–Crippen LogP) is 1.88. The van der Waals surface area contributed by atoms with Crippen molar-refractivity contribution in [3.05, 3.63) is 23.8 Å².